The zero-order chi connectivity index (χ0) is 30.3. The molecule has 1 atom stereocenters. The van der Waals surface area contributed by atoms with E-state index in [1.807, 2.05) is 5.32 Å². The number of benzene rings is 2. The Labute approximate surface area is 235 Å². The summed E-state index contributed by atoms with van der Waals surface area (Å²) in [5, 5.41) is 1.92. The lowest BCUT2D eigenvalue weighted by Crippen LogP contribution is -2.66. The molecule has 1 N–H and O–H groups in total. The molecule has 0 bridgehead atoms. The Kier molecular flexibility index (Phi) is 7.72. The van der Waals surface area contributed by atoms with Gasteiger partial charge < -0.3 is 29.2 Å². The first-order chi connectivity index (χ1) is 19.2. The quantitative estimate of drug-likeness (QED) is 0.496. The first-order valence-electron chi connectivity index (χ1n) is 12.6. The first-order valence-corrected chi connectivity index (χ1v) is 12.6. The number of rotatable bonds is 8. The van der Waals surface area contributed by atoms with Gasteiger partial charge in [-0.1, -0.05) is 26.0 Å². The van der Waals surface area contributed by atoms with Crippen molar-refractivity contribution in [1.29, 1.82) is 0 Å². The van der Waals surface area contributed by atoms with E-state index in [0.29, 0.717) is 11.3 Å². The largest absolute Gasteiger partial charge is 0.493 e. The van der Waals surface area contributed by atoms with E-state index < -0.39 is 40.3 Å². The minimum absolute atomic E-state index is 0.00381. The number of amides is 2. The maximum Gasteiger partial charge on any atom is 0.425 e. The maximum atomic E-state index is 15.2. The summed E-state index contributed by atoms with van der Waals surface area (Å²) in [6.07, 6.45) is -5.60. The predicted molar refractivity (Wildman–Crippen MR) is 141 cm³/mol. The van der Waals surface area contributed by atoms with Crippen molar-refractivity contribution < 1.29 is 46.5 Å². The third-order valence-electron chi connectivity index (χ3n) is 7.30. The van der Waals surface area contributed by atoms with E-state index in [-0.39, 0.29) is 47.9 Å². The lowest BCUT2D eigenvalue weighted by Gasteiger charge is -2.35. The molecule has 0 unspecified atom stereocenters. The highest BCUT2D eigenvalue weighted by molar-refractivity contribution is 6.14. The van der Waals surface area contributed by atoms with Crippen molar-refractivity contribution in [3.63, 3.8) is 0 Å². The molecule has 2 amide bonds. The van der Waals surface area contributed by atoms with Crippen LogP contribution >= 0.6 is 0 Å². The molecule has 1 aliphatic heterocycles. The fourth-order valence-corrected chi connectivity index (χ4v) is 5.46. The topological polar surface area (TPSA) is 103 Å². The first kappa shape index (κ1) is 29.8. The molecule has 0 saturated carbocycles. The average molecular weight is 577 g/mol. The van der Waals surface area contributed by atoms with E-state index in [2.05, 4.69) is 0 Å². The van der Waals surface area contributed by atoms with Gasteiger partial charge in [-0.05, 0) is 36.1 Å². The van der Waals surface area contributed by atoms with E-state index >= 15 is 13.2 Å². The average Bonchev–Trinajstić information content (AvgIpc) is 3.14. The highest BCUT2D eigenvalue weighted by Crippen LogP contribution is 2.52. The number of nitrogens with one attached hydrogen (secondary N) is 1. The van der Waals surface area contributed by atoms with Crippen LogP contribution in [0.5, 0.6) is 23.0 Å². The third kappa shape index (κ3) is 4.95. The van der Waals surface area contributed by atoms with Crippen molar-refractivity contribution >= 4 is 17.6 Å². The fourth-order valence-electron chi connectivity index (χ4n) is 5.46. The molecular weight excluding hydrogens is 545 g/mol. The number of carbonyl (C=O) groups excluding carboxylic acids is 3. The molecule has 1 heterocycles. The van der Waals surface area contributed by atoms with Crippen molar-refractivity contribution in [2.45, 2.75) is 44.9 Å². The molecule has 0 radical (unpaired) electrons. The molecule has 4 rings (SSSR count). The summed E-state index contributed by atoms with van der Waals surface area (Å²) in [7, 11) is 5.45. The van der Waals surface area contributed by atoms with Gasteiger partial charge in [0.15, 0.2) is 28.8 Å². The van der Waals surface area contributed by atoms with Gasteiger partial charge in [-0.3, -0.25) is 14.4 Å². The van der Waals surface area contributed by atoms with Crippen LogP contribution in [0.1, 0.15) is 42.6 Å². The third-order valence-corrected chi connectivity index (χ3v) is 7.30. The smallest absolute Gasteiger partial charge is 0.425 e. The van der Waals surface area contributed by atoms with Gasteiger partial charge in [-0.25, -0.2) is 0 Å². The van der Waals surface area contributed by atoms with Crippen LogP contribution in [0.3, 0.4) is 0 Å². The van der Waals surface area contributed by atoms with E-state index in [0.717, 1.165) is 4.90 Å². The molecule has 2 aromatic carbocycles. The predicted octanol–water partition coefficient (Wildman–Crippen LogP) is 4.44. The summed E-state index contributed by atoms with van der Waals surface area (Å²) >= 11 is 0. The van der Waals surface area contributed by atoms with Gasteiger partial charge in [0.1, 0.15) is 0 Å². The number of methoxy groups -OCH3 is 4. The molecule has 220 valence electrons. The molecule has 12 heteroatoms. The zero-order valence-corrected chi connectivity index (χ0v) is 23.5. The summed E-state index contributed by atoms with van der Waals surface area (Å²) in [6.45, 7) is 3.12. The second-order valence-electron chi connectivity index (χ2n) is 10.6. The number of hydrogen-bond acceptors (Lipinski definition) is 7. The Morgan fingerprint density at radius 2 is 1.59 bits per heavy atom. The highest BCUT2D eigenvalue weighted by atomic mass is 19.4. The van der Waals surface area contributed by atoms with Gasteiger partial charge in [-0.15, -0.1) is 0 Å². The molecule has 2 aromatic rings. The van der Waals surface area contributed by atoms with Crippen molar-refractivity contribution in [2.75, 3.05) is 28.4 Å². The molecule has 41 heavy (non-hydrogen) atoms. The van der Waals surface area contributed by atoms with Crippen molar-refractivity contribution in [3.8, 4) is 23.0 Å². The normalized spacial score (nSPS) is 20.1. The number of halogens is 3. The van der Waals surface area contributed by atoms with E-state index in [9.17, 15) is 14.4 Å². The van der Waals surface area contributed by atoms with Crippen LogP contribution in [0.25, 0.3) is 0 Å². The van der Waals surface area contributed by atoms with Crippen LogP contribution in [0.4, 0.5) is 13.2 Å². The van der Waals surface area contributed by atoms with Crippen LogP contribution in [-0.2, 0) is 16.1 Å². The Morgan fingerprint density at radius 3 is 2.17 bits per heavy atom. The Balaban J connectivity index is 1.88. The molecule has 2 aliphatic rings. The number of alkyl halides is 3. The summed E-state index contributed by atoms with van der Waals surface area (Å²) in [5.41, 5.74) is -5.07. The van der Waals surface area contributed by atoms with Crippen LogP contribution in [-0.4, -0.2) is 62.7 Å². The lowest BCUT2D eigenvalue weighted by molar-refractivity contribution is -0.190. The number of para-hydroxylation sites is 1. The molecule has 1 aliphatic carbocycles. The van der Waals surface area contributed by atoms with E-state index in [1.165, 1.54) is 46.6 Å². The monoisotopic (exact) mass is 576 g/mol. The standard InChI is InChI=1S/C29H31F3N2O7/c1-27(2)13-18-23(19(35)14-27)28(29(30,31)32,33-25(36)16-10-11-20(38-3)22(12-16)40-5)26(37)34(18)15-17-8-7-9-21(39-4)24(17)41-6/h7-12H,13-15H2,1-6H3,(H,33,36)/t28-/m1/s1. The second-order valence-corrected chi connectivity index (χ2v) is 10.6. The number of carbonyl (C=O) groups is 3. The molecule has 0 saturated heterocycles. The maximum absolute atomic E-state index is 15.2. The highest BCUT2D eigenvalue weighted by Gasteiger charge is 2.71. The number of ether oxygens (including phenoxy) is 4. The van der Waals surface area contributed by atoms with E-state index in [4.69, 9.17) is 18.9 Å². The minimum Gasteiger partial charge on any atom is -0.493 e. The number of hydrogen-bond donors (Lipinski definition) is 1. The van der Waals surface area contributed by atoms with E-state index in [1.54, 1.807) is 32.0 Å². The van der Waals surface area contributed by atoms with Crippen molar-refractivity contribution in [3.05, 3.63) is 58.8 Å². The van der Waals surface area contributed by atoms with Gasteiger partial charge in [0.05, 0.1) is 40.6 Å². The molecule has 0 aromatic heterocycles. The fraction of sp³-hybridized carbons (Fsp3) is 0.414. The molecule has 0 fully saturated rings. The van der Waals surface area contributed by atoms with Crippen LogP contribution in [0.2, 0.25) is 0 Å². The lowest BCUT2D eigenvalue weighted by atomic mass is 9.72. The number of ketones is 1. The van der Waals surface area contributed by atoms with Gasteiger partial charge in [0, 0.05) is 23.2 Å². The Morgan fingerprint density at radius 1 is 0.927 bits per heavy atom. The van der Waals surface area contributed by atoms with Gasteiger partial charge in [0.25, 0.3) is 11.8 Å². The number of allylic oxidation sites excluding steroid dienone is 1. The van der Waals surface area contributed by atoms with Crippen LogP contribution < -0.4 is 24.3 Å². The van der Waals surface area contributed by atoms with Crippen LogP contribution in [0, 0.1) is 5.41 Å². The van der Waals surface area contributed by atoms with Crippen molar-refractivity contribution in [1.82, 2.24) is 10.2 Å². The summed E-state index contributed by atoms with van der Waals surface area (Å²) in [4.78, 5) is 41.8. The number of Topliss-reactive ketones (excluding diaryl/α,β-unsaturated/α-hetero) is 1. The van der Waals surface area contributed by atoms with Gasteiger partial charge in [0.2, 0.25) is 5.54 Å². The summed E-state index contributed by atoms with van der Waals surface area (Å²) < 4.78 is 66.6. The summed E-state index contributed by atoms with van der Waals surface area (Å²) in [5.74, 6) is -2.68. The minimum atomic E-state index is -5.36. The molecule has 9 nitrogen and oxygen atoms in total. The molecule has 0 spiro atoms. The summed E-state index contributed by atoms with van der Waals surface area (Å²) in [6, 6.07) is 8.58. The van der Waals surface area contributed by atoms with Gasteiger partial charge >= 0.3 is 6.18 Å². The van der Waals surface area contributed by atoms with Crippen LogP contribution in [0.15, 0.2) is 47.7 Å². The Bertz CT molecular complexity index is 1430. The zero-order valence-electron chi connectivity index (χ0n) is 23.5. The van der Waals surface area contributed by atoms with Gasteiger partial charge in [-0.2, -0.15) is 13.2 Å². The second kappa shape index (κ2) is 10.6. The SMILES string of the molecule is COc1ccc(C(=O)N[C@@]2(C(F)(F)F)C(=O)N(Cc3cccc(OC)c3OC)C3=C2C(=O)CC(C)(C)C3)cc1OC. The molecular formula is C29H31F3N2O7. The van der Waals surface area contributed by atoms with Crippen molar-refractivity contribution in [2.24, 2.45) is 5.41 Å². The Hall–Kier alpha value is -4.22. The number of nitrogens with zero attached hydrogens (tertiary/aromatic N) is 1.